The predicted octanol–water partition coefficient (Wildman–Crippen LogP) is 2.35. The predicted molar refractivity (Wildman–Crippen MR) is 94.4 cm³/mol. The van der Waals surface area contributed by atoms with Crippen molar-refractivity contribution in [2.24, 2.45) is 0 Å². The van der Waals surface area contributed by atoms with E-state index in [0.717, 1.165) is 30.8 Å². The molecule has 25 heavy (non-hydrogen) atoms. The first-order chi connectivity index (χ1) is 12.3. The molecule has 1 saturated carbocycles. The van der Waals surface area contributed by atoms with E-state index in [2.05, 4.69) is 25.4 Å². The third-order valence-electron chi connectivity index (χ3n) is 4.33. The Bertz CT molecular complexity index is 860. The van der Waals surface area contributed by atoms with Gasteiger partial charge >= 0.3 is 0 Å². The number of rotatable bonds is 4. The van der Waals surface area contributed by atoms with Crippen LogP contribution in [0.3, 0.4) is 0 Å². The van der Waals surface area contributed by atoms with Gasteiger partial charge < -0.3 is 5.32 Å². The van der Waals surface area contributed by atoms with Gasteiger partial charge in [0.25, 0.3) is 5.91 Å². The smallest absolute Gasteiger partial charge is 0.271 e. The molecule has 0 radical (unpaired) electrons. The molecule has 8 heteroatoms. The lowest BCUT2D eigenvalue weighted by atomic mass is 9.95. The van der Waals surface area contributed by atoms with E-state index < -0.39 is 0 Å². The van der Waals surface area contributed by atoms with E-state index in [4.69, 9.17) is 0 Å². The number of amides is 1. The van der Waals surface area contributed by atoms with Crippen LogP contribution in [-0.4, -0.2) is 41.8 Å². The number of nitrogens with zero attached hydrogens (tertiary/aromatic N) is 5. The Kier molecular flexibility index (Phi) is 4.60. The Morgan fingerprint density at radius 3 is 2.68 bits per heavy atom. The van der Waals surface area contributed by atoms with Crippen LogP contribution in [0.2, 0.25) is 0 Å². The van der Waals surface area contributed by atoms with Gasteiger partial charge in [-0.15, -0.1) is 0 Å². The Hall–Kier alpha value is -2.48. The molecule has 1 aliphatic carbocycles. The summed E-state index contributed by atoms with van der Waals surface area (Å²) in [4.78, 5) is 25.3. The normalized spacial score (nSPS) is 20.5. The molecular weight excluding hydrogens is 336 g/mol. The highest BCUT2D eigenvalue weighted by Crippen LogP contribution is 2.31. The number of imidazole rings is 1. The van der Waals surface area contributed by atoms with Gasteiger partial charge in [0.2, 0.25) is 0 Å². The zero-order valence-electron chi connectivity index (χ0n) is 13.6. The molecule has 7 nitrogen and oxygen atoms in total. The summed E-state index contributed by atoms with van der Waals surface area (Å²) in [5.74, 6) is -0.117. The summed E-state index contributed by atoms with van der Waals surface area (Å²) in [5.41, 5.74) is 1.15. The van der Waals surface area contributed by atoms with Crippen molar-refractivity contribution in [3.8, 4) is 0 Å². The average Bonchev–Trinajstić information content (AvgIpc) is 3.08. The maximum absolute atomic E-state index is 12.5. The Morgan fingerprint density at radius 1 is 1.08 bits per heavy atom. The van der Waals surface area contributed by atoms with Crippen LogP contribution >= 0.6 is 11.8 Å². The number of hydrogen-bond acceptors (Lipinski definition) is 6. The van der Waals surface area contributed by atoms with E-state index in [1.165, 1.54) is 0 Å². The summed E-state index contributed by atoms with van der Waals surface area (Å²) in [6.07, 6.45) is 10.8. The zero-order chi connectivity index (χ0) is 17.1. The topological polar surface area (TPSA) is 85.1 Å². The fourth-order valence-corrected chi connectivity index (χ4v) is 4.11. The van der Waals surface area contributed by atoms with Crippen LogP contribution in [0.4, 0.5) is 0 Å². The summed E-state index contributed by atoms with van der Waals surface area (Å²) >= 11 is 1.73. The lowest BCUT2D eigenvalue weighted by molar-refractivity contribution is 0.0921. The fourth-order valence-electron chi connectivity index (χ4n) is 3.06. The first-order valence-corrected chi connectivity index (χ1v) is 9.21. The van der Waals surface area contributed by atoms with Gasteiger partial charge in [-0.25, -0.2) is 19.5 Å². The number of hydrogen-bond donors (Lipinski definition) is 1. The van der Waals surface area contributed by atoms with Crippen LogP contribution in [0.1, 0.15) is 36.2 Å². The molecule has 1 N–H and O–H groups in total. The third-order valence-corrected chi connectivity index (χ3v) is 5.56. The molecule has 0 atom stereocenters. The van der Waals surface area contributed by atoms with Crippen molar-refractivity contribution >= 4 is 23.3 Å². The molecule has 3 aromatic rings. The van der Waals surface area contributed by atoms with Crippen LogP contribution in [0.5, 0.6) is 0 Å². The summed E-state index contributed by atoms with van der Waals surface area (Å²) in [5, 5.41) is 8.64. The highest BCUT2D eigenvalue weighted by molar-refractivity contribution is 7.99. The van der Waals surface area contributed by atoms with Crippen molar-refractivity contribution in [3.05, 3.63) is 48.7 Å². The van der Waals surface area contributed by atoms with Crippen molar-refractivity contribution in [2.75, 3.05) is 0 Å². The summed E-state index contributed by atoms with van der Waals surface area (Å²) < 4.78 is 1.57. The van der Waals surface area contributed by atoms with Crippen LogP contribution in [0.15, 0.2) is 48.1 Å². The van der Waals surface area contributed by atoms with Gasteiger partial charge in [0.15, 0.2) is 10.8 Å². The Morgan fingerprint density at radius 2 is 1.88 bits per heavy atom. The number of carbonyl (C=O) groups excluding carboxylic acids is 1. The Labute approximate surface area is 149 Å². The molecule has 0 aromatic carbocycles. The standard InChI is InChI=1S/C17H18N6OS/c24-16(14-11-20-15-3-1-10-21-23(14)15)22-12-4-6-13(7-5-12)25-17-18-8-2-9-19-17/h1-3,8-13H,4-7H2,(H,22,24). The van der Waals surface area contributed by atoms with Crippen LogP contribution in [0.25, 0.3) is 5.65 Å². The van der Waals surface area contributed by atoms with E-state index in [1.807, 2.05) is 12.1 Å². The van der Waals surface area contributed by atoms with E-state index >= 15 is 0 Å². The SMILES string of the molecule is O=C(NC1CCC(Sc2ncccn2)CC1)c1cnc2cccnn12. The number of thioether (sulfide) groups is 1. The van der Waals surface area contributed by atoms with Gasteiger partial charge in [0, 0.05) is 29.9 Å². The second-order valence-corrected chi connectivity index (χ2v) is 7.30. The molecule has 0 aliphatic heterocycles. The zero-order valence-corrected chi connectivity index (χ0v) is 14.4. The van der Waals surface area contributed by atoms with Gasteiger partial charge in [0.1, 0.15) is 5.69 Å². The number of carbonyl (C=O) groups is 1. The number of aromatic nitrogens is 5. The summed E-state index contributed by atoms with van der Waals surface area (Å²) in [6.45, 7) is 0. The highest BCUT2D eigenvalue weighted by atomic mass is 32.2. The first kappa shape index (κ1) is 16.0. The molecule has 1 amide bonds. The maximum Gasteiger partial charge on any atom is 0.271 e. The Balaban J connectivity index is 1.33. The minimum atomic E-state index is -0.117. The van der Waals surface area contributed by atoms with Crippen LogP contribution in [0, 0.1) is 0 Å². The van der Waals surface area contributed by atoms with Gasteiger partial charge in [-0.3, -0.25) is 4.79 Å². The molecule has 4 rings (SSSR count). The summed E-state index contributed by atoms with van der Waals surface area (Å²) in [6, 6.07) is 5.65. The quantitative estimate of drug-likeness (QED) is 0.724. The largest absolute Gasteiger partial charge is 0.348 e. The van der Waals surface area contributed by atoms with Gasteiger partial charge in [0.05, 0.1) is 6.20 Å². The average molecular weight is 354 g/mol. The molecule has 0 bridgehead atoms. The van der Waals surface area contributed by atoms with Gasteiger partial charge in [-0.05, 0) is 43.9 Å². The molecule has 1 aliphatic rings. The molecule has 3 aromatic heterocycles. The fraction of sp³-hybridized carbons (Fsp3) is 0.353. The monoisotopic (exact) mass is 354 g/mol. The van der Waals surface area contributed by atoms with E-state index in [-0.39, 0.29) is 11.9 Å². The minimum absolute atomic E-state index is 0.117. The maximum atomic E-state index is 12.5. The third kappa shape index (κ3) is 3.63. The van der Waals surface area contributed by atoms with Gasteiger partial charge in [-0.1, -0.05) is 11.8 Å². The van der Waals surface area contributed by atoms with E-state index in [0.29, 0.717) is 16.6 Å². The minimum Gasteiger partial charge on any atom is -0.348 e. The van der Waals surface area contributed by atoms with E-state index in [9.17, 15) is 4.79 Å². The molecule has 0 unspecified atom stereocenters. The van der Waals surface area contributed by atoms with Crippen molar-refractivity contribution in [1.82, 2.24) is 29.9 Å². The molecule has 0 saturated heterocycles. The number of nitrogens with one attached hydrogen (secondary N) is 1. The molecule has 128 valence electrons. The molecule has 3 heterocycles. The first-order valence-electron chi connectivity index (χ1n) is 8.33. The highest BCUT2D eigenvalue weighted by Gasteiger charge is 2.25. The van der Waals surface area contributed by atoms with Crippen LogP contribution < -0.4 is 5.32 Å². The molecule has 1 fully saturated rings. The summed E-state index contributed by atoms with van der Waals surface area (Å²) in [7, 11) is 0. The van der Waals surface area contributed by atoms with Crippen molar-refractivity contribution in [1.29, 1.82) is 0 Å². The molecule has 0 spiro atoms. The van der Waals surface area contributed by atoms with Gasteiger partial charge in [-0.2, -0.15) is 5.10 Å². The second-order valence-electron chi connectivity index (χ2n) is 6.03. The lowest BCUT2D eigenvalue weighted by Gasteiger charge is -2.28. The lowest BCUT2D eigenvalue weighted by Crippen LogP contribution is -2.38. The van der Waals surface area contributed by atoms with Crippen molar-refractivity contribution in [2.45, 2.75) is 42.1 Å². The van der Waals surface area contributed by atoms with E-state index in [1.54, 1.807) is 47.1 Å². The number of fused-ring (bicyclic) bond motifs is 1. The van der Waals surface area contributed by atoms with Crippen LogP contribution in [-0.2, 0) is 0 Å². The molecular formula is C17H18N6OS. The second kappa shape index (κ2) is 7.18. The van der Waals surface area contributed by atoms with Crippen molar-refractivity contribution < 1.29 is 4.79 Å². The van der Waals surface area contributed by atoms with Crippen molar-refractivity contribution in [3.63, 3.8) is 0 Å².